The van der Waals surface area contributed by atoms with Crippen molar-refractivity contribution in [3.8, 4) is 5.75 Å². The van der Waals surface area contributed by atoms with E-state index >= 15 is 0 Å². The molecule has 0 radical (unpaired) electrons. The largest absolute Gasteiger partial charge is 0.497 e. The highest BCUT2D eigenvalue weighted by Gasteiger charge is 2.28. The van der Waals surface area contributed by atoms with Crippen LogP contribution in [-0.4, -0.2) is 31.8 Å². The van der Waals surface area contributed by atoms with Gasteiger partial charge >= 0.3 is 0 Å². The Balaban J connectivity index is 1.66. The molecule has 6 heteroatoms. The number of hydrogen-bond acceptors (Lipinski definition) is 4. The zero-order chi connectivity index (χ0) is 16.5. The number of H-pyrrole nitrogens is 1. The fourth-order valence-corrected chi connectivity index (χ4v) is 3.31. The number of aromatic nitrogens is 4. The molecule has 0 fully saturated rings. The molecule has 1 N–H and O–H groups in total. The number of rotatable bonds is 4. The topological polar surface area (TPSA) is 59.0 Å². The van der Waals surface area contributed by atoms with Gasteiger partial charge in [-0.05, 0) is 24.6 Å². The number of imidazole rings is 1. The molecule has 1 aromatic carbocycles. The van der Waals surface area contributed by atoms with Crippen molar-refractivity contribution >= 4 is 0 Å². The molecule has 0 spiro atoms. The number of benzene rings is 1. The maximum absolute atomic E-state index is 5.29. The molecule has 4 rings (SSSR count). The van der Waals surface area contributed by atoms with E-state index in [4.69, 9.17) is 4.74 Å². The SMILES string of the molecule is COc1ccc([C@@H]2Cn3ccnc3CN2Cc2cn[nH]c2C)cc1. The molecule has 24 heavy (non-hydrogen) atoms. The molecule has 0 unspecified atom stereocenters. The molecule has 1 aliphatic heterocycles. The van der Waals surface area contributed by atoms with E-state index in [1.807, 2.05) is 24.5 Å². The van der Waals surface area contributed by atoms with Crippen molar-refractivity contribution in [1.82, 2.24) is 24.6 Å². The van der Waals surface area contributed by atoms with E-state index in [-0.39, 0.29) is 0 Å². The van der Waals surface area contributed by atoms with Crippen LogP contribution in [0.1, 0.15) is 28.7 Å². The second-order valence-corrected chi connectivity index (χ2v) is 6.21. The first-order valence-electron chi connectivity index (χ1n) is 8.11. The van der Waals surface area contributed by atoms with Gasteiger partial charge < -0.3 is 9.30 Å². The van der Waals surface area contributed by atoms with E-state index in [9.17, 15) is 0 Å². The Morgan fingerprint density at radius 1 is 1.29 bits per heavy atom. The average Bonchev–Trinajstić information content (AvgIpc) is 3.23. The lowest BCUT2D eigenvalue weighted by molar-refractivity contribution is 0.128. The number of ether oxygens (including phenoxy) is 1. The van der Waals surface area contributed by atoms with Crippen LogP contribution in [0.3, 0.4) is 0 Å². The maximum Gasteiger partial charge on any atom is 0.122 e. The Kier molecular flexibility index (Phi) is 3.82. The van der Waals surface area contributed by atoms with E-state index in [1.165, 1.54) is 11.1 Å². The van der Waals surface area contributed by atoms with Crippen LogP contribution in [0.5, 0.6) is 5.75 Å². The van der Waals surface area contributed by atoms with Gasteiger partial charge in [0.1, 0.15) is 11.6 Å². The Bertz CT molecular complexity index is 820. The predicted octanol–water partition coefficient (Wildman–Crippen LogP) is 2.68. The summed E-state index contributed by atoms with van der Waals surface area (Å²) in [6.45, 7) is 4.65. The number of fused-ring (bicyclic) bond motifs is 1. The number of methoxy groups -OCH3 is 1. The summed E-state index contributed by atoms with van der Waals surface area (Å²) in [5.74, 6) is 2.00. The summed E-state index contributed by atoms with van der Waals surface area (Å²) in [4.78, 5) is 6.95. The summed E-state index contributed by atoms with van der Waals surface area (Å²) in [7, 11) is 1.70. The minimum absolute atomic E-state index is 0.298. The van der Waals surface area contributed by atoms with Crippen LogP contribution in [0.15, 0.2) is 42.9 Å². The molecule has 1 atom stereocenters. The van der Waals surface area contributed by atoms with Gasteiger partial charge in [-0.25, -0.2) is 4.98 Å². The quantitative estimate of drug-likeness (QED) is 0.802. The lowest BCUT2D eigenvalue weighted by Crippen LogP contribution is -2.36. The van der Waals surface area contributed by atoms with Gasteiger partial charge in [0, 0.05) is 36.7 Å². The lowest BCUT2D eigenvalue weighted by atomic mass is 10.0. The number of nitrogens with one attached hydrogen (secondary N) is 1. The summed E-state index contributed by atoms with van der Waals surface area (Å²) in [5, 5.41) is 7.18. The Hall–Kier alpha value is -2.60. The Morgan fingerprint density at radius 3 is 2.83 bits per heavy atom. The zero-order valence-electron chi connectivity index (χ0n) is 13.9. The molecule has 3 aromatic rings. The van der Waals surface area contributed by atoms with Crippen molar-refractivity contribution < 1.29 is 4.74 Å². The normalized spacial score (nSPS) is 17.7. The summed E-state index contributed by atoms with van der Waals surface area (Å²) >= 11 is 0. The Morgan fingerprint density at radius 2 is 2.12 bits per heavy atom. The first-order chi connectivity index (χ1) is 11.7. The number of nitrogens with zero attached hydrogens (tertiary/aromatic N) is 4. The van der Waals surface area contributed by atoms with Crippen LogP contribution in [-0.2, 0) is 19.6 Å². The van der Waals surface area contributed by atoms with Crippen molar-refractivity contribution in [1.29, 1.82) is 0 Å². The van der Waals surface area contributed by atoms with Gasteiger partial charge in [0.15, 0.2) is 0 Å². The molecular formula is C18H21N5O. The Labute approximate surface area is 141 Å². The van der Waals surface area contributed by atoms with Crippen LogP contribution in [0.2, 0.25) is 0 Å². The summed E-state index contributed by atoms with van der Waals surface area (Å²) in [6, 6.07) is 8.66. The third kappa shape index (κ3) is 2.69. The molecule has 0 bridgehead atoms. The van der Waals surface area contributed by atoms with Crippen LogP contribution in [0.4, 0.5) is 0 Å². The van der Waals surface area contributed by atoms with E-state index in [1.54, 1.807) is 7.11 Å². The maximum atomic E-state index is 5.29. The third-order valence-electron chi connectivity index (χ3n) is 4.76. The minimum atomic E-state index is 0.298. The summed E-state index contributed by atoms with van der Waals surface area (Å²) in [6.07, 6.45) is 5.86. The minimum Gasteiger partial charge on any atom is -0.497 e. The van der Waals surface area contributed by atoms with E-state index in [2.05, 4.69) is 49.9 Å². The van der Waals surface area contributed by atoms with E-state index in [0.717, 1.165) is 36.9 Å². The summed E-state index contributed by atoms with van der Waals surface area (Å²) < 4.78 is 7.53. The standard InChI is InChI=1S/C18H21N5O/c1-13-15(9-20-21-13)10-23-12-18-19-7-8-22(18)11-17(23)14-3-5-16(24-2)6-4-14/h3-9,17H,10-12H2,1-2H3,(H,20,21)/t17-/m0/s1. The molecule has 1 aliphatic rings. The molecular weight excluding hydrogens is 302 g/mol. The van der Waals surface area contributed by atoms with Crippen molar-refractivity contribution in [2.75, 3.05) is 7.11 Å². The number of aromatic amines is 1. The number of aryl methyl sites for hydroxylation is 1. The first kappa shape index (κ1) is 15.0. The van der Waals surface area contributed by atoms with Gasteiger partial charge in [0.2, 0.25) is 0 Å². The van der Waals surface area contributed by atoms with Crippen LogP contribution in [0.25, 0.3) is 0 Å². The predicted molar refractivity (Wildman–Crippen MR) is 90.5 cm³/mol. The second-order valence-electron chi connectivity index (χ2n) is 6.21. The van der Waals surface area contributed by atoms with Gasteiger partial charge in [-0.3, -0.25) is 10.00 Å². The third-order valence-corrected chi connectivity index (χ3v) is 4.76. The smallest absolute Gasteiger partial charge is 0.122 e. The van der Waals surface area contributed by atoms with Crippen LogP contribution < -0.4 is 4.74 Å². The van der Waals surface area contributed by atoms with Gasteiger partial charge in [0.05, 0.1) is 25.9 Å². The molecule has 124 valence electrons. The van der Waals surface area contributed by atoms with Crippen LogP contribution in [0, 0.1) is 6.92 Å². The van der Waals surface area contributed by atoms with Crippen molar-refractivity contribution in [3.05, 3.63) is 65.5 Å². The van der Waals surface area contributed by atoms with Gasteiger partial charge in [-0.1, -0.05) is 12.1 Å². The molecule has 0 saturated carbocycles. The molecule has 2 aromatic heterocycles. The second kappa shape index (κ2) is 6.13. The monoisotopic (exact) mass is 323 g/mol. The highest BCUT2D eigenvalue weighted by molar-refractivity contribution is 5.30. The average molecular weight is 323 g/mol. The summed E-state index contributed by atoms with van der Waals surface area (Å²) in [5.41, 5.74) is 3.64. The highest BCUT2D eigenvalue weighted by atomic mass is 16.5. The molecule has 0 saturated heterocycles. The number of hydrogen-bond donors (Lipinski definition) is 1. The molecule has 0 amide bonds. The molecule has 3 heterocycles. The van der Waals surface area contributed by atoms with Gasteiger partial charge in [-0.15, -0.1) is 0 Å². The van der Waals surface area contributed by atoms with E-state index in [0.29, 0.717) is 6.04 Å². The zero-order valence-corrected chi connectivity index (χ0v) is 13.9. The fraction of sp³-hybridized carbons (Fsp3) is 0.333. The van der Waals surface area contributed by atoms with E-state index < -0.39 is 0 Å². The molecule has 6 nitrogen and oxygen atoms in total. The van der Waals surface area contributed by atoms with Crippen molar-refractivity contribution in [2.24, 2.45) is 0 Å². The highest BCUT2D eigenvalue weighted by Crippen LogP contribution is 2.31. The first-order valence-corrected chi connectivity index (χ1v) is 8.11. The van der Waals surface area contributed by atoms with Crippen molar-refractivity contribution in [2.45, 2.75) is 32.6 Å². The van der Waals surface area contributed by atoms with Gasteiger partial charge in [0.25, 0.3) is 0 Å². The lowest BCUT2D eigenvalue weighted by Gasteiger charge is -2.36. The van der Waals surface area contributed by atoms with Crippen LogP contribution >= 0.6 is 0 Å². The van der Waals surface area contributed by atoms with Gasteiger partial charge in [-0.2, -0.15) is 5.10 Å². The molecule has 0 aliphatic carbocycles. The van der Waals surface area contributed by atoms with Crippen molar-refractivity contribution in [3.63, 3.8) is 0 Å². The fourth-order valence-electron chi connectivity index (χ4n) is 3.31.